The van der Waals surface area contributed by atoms with Crippen molar-refractivity contribution in [1.82, 2.24) is 0 Å². The number of aldehydes is 1. The maximum atomic E-state index is 10.7. The molecule has 1 aliphatic rings. The second-order valence-corrected chi connectivity index (χ2v) is 3.28. The van der Waals surface area contributed by atoms with E-state index in [1.165, 1.54) is 5.57 Å². The molecular formula is C11H11NO. The van der Waals surface area contributed by atoms with Crippen molar-refractivity contribution in [3.05, 3.63) is 42.0 Å². The summed E-state index contributed by atoms with van der Waals surface area (Å²) >= 11 is 0. The highest BCUT2D eigenvalue weighted by Gasteiger charge is 2.20. The monoisotopic (exact) mass is 173 g/mol. The fraction of sp³-hybridized carbons (Fsp3) is 0.182. The van der Waals surface area contributed by atoms with Crippen LogP contribution in [0, 0.1) is 0 Å². The van der Waals surface area contributed by atoms with Gasteiger partial charge in [0.15, 0.2) is 6.29 Å². The van der Waals surface area contributed by atoms with Gasteiger partial charge in [0.2, 0.25) is 0 Å². The number of anilines is 1. The summed E-state index contributed by atoms with van der Waals surface area (Å²) < 4.78 is 0. The van der Waals surface area contributed by atoms with Crippen LogP contribution in [0.15, 0.2) is 36.4 Å². The van der Waals surface area contributed by atoms with E-state index in [0.29, 0.717) is 0 Å². The van der Waals surface area contributed by atoms with Gasteiger partial charge in [0.05, 0.1) is 0 Å². The Morgan fingerprint density at radius 2 is 2.00 bits per heavy atom. The lowest BCUT2D eigenvalue weighted by atomic mass is 10.1. The number of nitrogens with zero attached hydrogens (tertiary/aromatic N) is 1. The fourth-order valence-corrected chi connectivity index (χ4v) is 1.54. The normalized spacial score (nSPS) is 15.4. The molecule has 0 N–H and O–H groups in total. The lowest BCUT2D eigenvalue weighted by Crippen LogP contribution is -2.40. The lowest BCUT2D eigenvalue weighted by Gasteiger charge is -2.36. The summed E-state index contributed by atoms with van der Waals surface area (Å²) in [4.78, 5) is 12.8. The quantitative estimate of drug-likeness (QED) is 0.502. The maximum Gasteiger partial charge on any atom is 0.152 e. The molecule has 0 atom stereocenters. The Morgan fingerprint density at radius 3 is 2.62 bits per heavy atom. The third-order valence-corrected chi connectivity index (χ3v) is 2.23. The number of carbonyl (C=O) groups is 1. The van der Waals surface area contributed by atoms with E-state index >= 15 is 0 Å². The summed E-state index contributed by atoms with van der Waals surface area (Å²) in [5.41, 5.74) is 3.00. The van der Waals surface area contributed by atoms with Crippen molar-refractivity contribution in [2.75, 3.05) is 18.0 Å². The molecule has 1 saturated heterocycles. The summed E-state index contributed by atoms with van der Waals surface area (Å²) in [7, 11) is 0. The van der Waals surface area contributed by atoms with Gasteiger partial charge in [-0.15, -0.1) is 0 Å². The number of para-hydroxylation sites is 1. The van der Waals surface area contributed by atoms with E-state index in [1.54, 1.807) is 0 Å². The third kappa shape index (κ3) is 1.35. The highest BCUT2D eigenvalue weighted by Crippen LogP contribution is 2.25. The minimum atomic E-state index is 0.759. The number of benzene rings is 1. The van der Waals surface area contributed by atoms with Gasteiger partial charge in [-0.1, -0.05) is 18.7 Å². The van der Waals surface area contributed by atoms with Crippen LogP contribution in [0.4, 0.5) is 5.69 Å². The first-order valence-electron chi connectivity index (χ1n) is 4.27. The number of carbonyl (C=O) groups excluding carboxylic acids is 1. The highest BCUT2D eigenvalue weighted by atomic mass is 16.1. The second-order valence-electron chi connectivity index (χ2n) is 3.28. The molecule has 66 valence electrons. The molecule has 13 heavy (non-hydrogen) atoms. The van der Waals surface area contributed by atoms with E-state index in [2.05, 4.69) is 11.5 Å². The van der Waals surface area contributed by atoms with Crippen LogP contribution in [0.5, 0.6) is 0 Å². The molecule has 0 radical (unpaired) electrons. The van der Waals surface area contributed by atoms with Crippen LogP contribution in [0.1, 0.15) is 10.4 Å². The average Bonchev–Trinajstić information content (AvgIpc) is 2.13. The smallest absolute Gasteiger partial charge is 0.152 e. The van der Waals surface area contributed by atoms with Crippen LogP contribution >= 0.6 is 0 Å². The summed E-state index contributed by atoms with van der Waals surface area (Å²) in [5.74, 6) is 0. The Balaban J connectivity index is 2.29. The topological polar surface area (TPSA) is 20.3 Å². The minimum absolute atomic E-state index is 0.759. The van der Waals surface area contributed by atoms with Gasteiger partial charge in [0.1, 0.15) is 0 Å². The van der Waals surface area contributed by atoms with Crippen LogP contribution in [0.2, 0.25) is 0 Å². The Kier molecular flexibility index (Phi) is 1.89. The van der Waals surface area contributed by atoms with Crippen LogP contribution in [-0.2, 0) is 0 Å². The molecule has 2 rings (SSSR count). The SMILES string of the molecule is C=C1CN(c2ccccc2C=O)C1. The van der Waals surface area contributed by atoms with Crippen molar-refractivity contribution in [3.63, 3.8) is 0 Å². The van der Waals surface area contributed by atoms with E-state index in [1.807, 2.05) is 24.3 Å². The zero-order valence-corrected chi connectivity index (χ0v) is 7.36. The number of hydrogen-bond acceptors (Lipinski definition) is 2. The van der Waals surface area contributed by atoms with Crippen LogP contribution < -0.4 is 4.90 Å². The van der Waals surface area contributed by atoms with Gasteiger partial charge in [-0.25, -0.2) is 0 Å². The van der Waals surface area contributed by atoms with Gasteiger partial charge in [-0.05, 0) is 17.7 Å². The van der Waals surface area contributed by atoms with Crippen molar-refractivity contribution < 1.29 is 4.79 Å². The van der Waals surface area contributed by atoms with Crippen molar-refractivity contribution in [1.29, 1.82) is 0 Å². The van der Waals surface area contributed by atoms with E-state index in [-0.39, 0.29) is 0 Å². The summed E-state index contributed by atoms with van der Waals surface area (Å²) in [6.07, 6.45) is 0.899. The van der Waals surface area contributed by atoms with E-state index in [0.717, 1.165) is 30.6 Å². The molecule has 0 saturated carbocycles. The molecule has 0 bridgehead atoms. The Hall–Kier alpha value is -1.57. The largest absolute Gasteiger partial charge is 0.363 e. The maximum absolute atomic E-state index is 10.7. The van der Waals surface area contributed by atoms with Crippen molar-refractivity contribution in [3.8, 4) is 0 Å². The predicted molar refractivity (Wildman–Crippen MR) is 53.2 cm³/mol. The van der Waals surface area contributed by atoms with Gasteiger partial charge in [0, 0.05) is 24.3 Å². The molecule has 1 fully saturated rings. The van der Waals surface area contributed by atoms with Crippen molar-refractivity contribution in [2.45, 2.75) is 0 Å². The lowest BCUT2D eigenvalue weighted by molar-refractivity contribution is 0.112. The molecule has 0 aromatic heterocycles. The first-order chi connectivity index (χ1) is 6.31. The third-order valence-electron chi connectivity index (χ3n) is 2.23. The van der Waals surface area contributed by atoms with Crippen LogP contribution in [0.3, 0.4) is 0 Å². The van der Waals surface area contributed by atoms with Crippen molar-refractivity contribution in [2.24, 2.45) is 0 Å². The zero-order chi connectivity index (χ0) is 9.26. The first-order valence-corrected chi connectivity index (χ1v) is 4.27. The van der Waals surface area contributed by atoms with Gasteiger partial charge in [0.25, 0.3) is 0 Å². The van der Waals surface area contributed by atoms with Gasteiger partial charge in [-0.3, -0.25) is 4.79 Å². The second kappa shape index (κ2) is 3.05. The Bertz CT molecular complexity index is 349. The molecule has 0 spiro atoms. The number of rotatable bonds is 2. The average molecular weight is 173 g/mol. The number of hydrogen-bond donors (Lipinski definition) is 0. The van der Waals surface area contributed by atoms with E-state index < -0.39 is 0 Å². The van der Waals surface area contributed by atoms with Gasteiger partial charge >= 0.3 is 0 Å². The molecule has 0 unspecified atom stereocenters. The van der Waals surface area contributed by atoms with Gasteiger partial charge in [-0.2, -0.15) is 0 Å². The van der Waals surface area contributed by atoms with E-state index in [9.17, 15) is 4.79 Å². The minimum Gasteiger partial charge on any atom is -0.363 e. The fourth-order valence-electron chi connectivity index (χ4n) is 1.54. The van der Waals surface area contributed by atoms with E-state index in [4.69, 9.17) is 0 Å². The summed E-state index contributed by atoms with van der Waals surface area (Å²) in [6, 6.07) is 7.63. The highest BCUT2D eigenvalue weighted by molar-refractivity contribution is 5.85. The molecule has 1 heterocycles. The van der Waals surface area contributed by atoms with Crippen LogP contribution in [0.25, 0.3) is 0 Å². The molecule has 2 nitrogen and oxygen atoms in total. The molecule has 2 heteroatoms. The van der Waals surface area contributed by atoms with Crippen molar-refractivity contribution >= 4 is 12.0 Å². The summed E-state index contributed by atoms with van der Waals surface area (Å²) in [6.45, 7) is 5.62. The molecular weight excluding hydrogens is 162 g/mol. The predicted octanol–water partition coefficient (Wildman–Crippen LogP) is 1.88. The Labute approximate surface area is 77.5 Å². The molecule has 1 aliphatic heterocycles. The molecule has 1 aromatic carbocycles. The summed E-state index contributed by atoms with van der Waals surface area (Å²) in [5, 5.41) is 0. The molecule has 0 amide bonds. The first kappa shape index (κ1) is 8.05. The van der Waals surface area contributed by atoms with Gasteiger partial charge < -0.3 is 4.90 Å². The standard InChI is InChI=1S/C11H11NO/c1-9-6-12(7-9)11-5-3-2-4-10(11)8-13/h2-5,8H,1,6-7H2. The zero-order valence-electron chi connectivity index (χ0n) is 7.36. The molecule has 0 aliphatic carbocycles. The Morgan fingerprint density at radius 1 is 1.31 bits per heavy atom. The van der Waals surface area contributed by atoms with Crippen LogP contribution in [-0.4, -0.2) is 19.4 Å². The molecule has 1 aromatic rings.